The lowest BCUT2D eigenvalue weighted by Crippen LogP contribution is -2.52. The Bertz CT molecular complexity index is 344. The molecule has 0 aliphatic carbocycles. The molecule has 0 aliphatic heterocycles. The van der Waals surface area contributed by atoms with Gasteiger partial charge in [-0.25, -0.2) is 0 Å². The van der Waals surface area contributed by atoms with Gasteiger partial charge in [0.2, 0.25) is 0 Å². The summed E-state index contributed by atoms with van der Waals surface area (Å²) in [6.45, 7) is 12.0. The summed E-state index contributed by atoms with van der Waals surface area (Å²) in [7, 11) is 0. The van der Waals surface area contributed by atoms with Crippen molar-refractivity contribution in [3.63, 3.8) is 0 Å². The molecule has 0 unspecified atom stereocenters. The number of unbranched alkanes of at least 4 members (excludes halogenated alkanes) is 3. The van der Waals surface area contributed by atoms with Crippen molar-refractivity contribution in [3.05, 3.63) is 0 Å². The number of hydrogen-bond acceptors (Lipinski definition) is 2. The van der Waals surface area contributed by atoms with Gasteiger partial charge in [0.15, 0.2) is 0 Å². The van der Waals surface area contributed by atoms with E-state index in [-0.39, 0.29) is 17.3 Å². The number of rotatable bonds is 8. The zero-order valence-corrected chi connectivity index (χ0v) is 14.5. The van der Waals surface area contributed by atoms with Crippen LogP contribution in [0.25, 0.3) is 0 Å². The van der Waals surface area contributed by atoms with Gasteiger partial charge >= 0.3 is 11.9 Å². The van der Waals surface area contributed by atoms with Gasteiger partial charge in [0, 0.05) is 6.42 Å². The normalized spacial score (nSPS) is 13.2. The Morgan fingerprint density at radius 1 is 0.762 bits per heavy atom. The van der Waals surface area contributed by atoms with Crippen molar-refractivity contribution in [2.75, 3.05) is 0 Å². The zero-order valence-electron chi connectivity index (χ0n) is 14.5. The van der Waals surface area contributed by atoms with Crippen LogP contribution < -0.4 is 0 Å². The quantitative estimate of drug-likeness (QED) is 0.644. The van der Waals surface area contributed by atoms with Gasteiger partial charge in [-0.1, -0.05) is 60.8 Å². The molecular formula is C17H32O4. The van der Waals surface area contributed by atoms with Crippen molar-refractivity contribution in [1.82, 2.24) is 0 Å². The lowest BCUT2D eigenvalue weighted by atomic mass is 9.52. The van der Waals surface area contributed by atoms with E-state index in [2.05, 4.69) is 0 Å². The first-order valence-corrected chi connectivity index (χ1v) is 7.81. The van der Waals surface area contributed by atoms with E-state index in [4.69, 9.17) is 5.11 Å². The van der Waals surface area contributed by atoms with Crippen LogP contribution in [0.3, 0.4) is 0 Å². The lowest BCUT2D eigenvalue weighted by Gasteiger charge is -2.50. The molecule has 2 N–H and O–H groups in total. The molecule has 0 saturated carbocycles. The Kier molecular flexibility index (Phi) is 6.91. The van der Waals surface area contributed by atoms with E-state index in [1.807, 2.05) is 41.5 Å². The SMILES string of the molecule is CC(C)(C)C(CCCCCCC(=O)O)(C(=O)O)C(C)(C)C. The predicted molar refractivity (Wildman–Crippen MR) is 84.3 cm³/mol. The number of aliphatic carboxylic acids is 2. The molecule has 0 atom stereocenters. The summed E-state index contributed by atoms with van der Waals surface area (Å²) >= 11 is 0. The Morgan fingerprint density at radius 2 is 1.19 bits per heavy atom. The van der Waals surface area contributed by atoms with E-state index in [0.717, 1.165) is 19.3 Å². The lowest BCUT2D eigenvalue weighted by molar-refractivity contribution is -0.170. The third-order valence-corrected chi connectivity index (χ3v) is 4.62. The molecule has 0 saturated heterocycles. The monoisotopic (exact) mass is 300 g/mol. The van der Waals surface area contributed by atoms with Gasteiger partial charge in [-0.05, 0) is 23.7 Å². The highest BCUT2D eigenvalue weighted by atomic mass is 16.4. The Hall–Kier alpha value is -1.06. The summed E-state index contributed by atoms with van der Waals surface area (Å²) < 4.78 is 0. The van der Waals surface area contributed by atoms with Crippen LogP contribution in [-0.4, -0.2) is 22.2 Å². The first kappa shape index (κ1) is 19.9. The molecule has 0 aromatic heterocycles. The largest absolute Gasteiger partial charge is 0.481 e. The summed E-state index contributed by atoms with van der Waals surface area (Å²) in [5.41, 5.74) is -1.46. The molecule has 4 nitrogen and oxygen atoms in total. The fourth-order valence-corrected chi connectivity index (χ4v) is 3.64. The molecule has 0 aliphatic rings. The molecule has 0 amide bonds. The van der Waals surface area contributed by atoms with E-state index in [0.29, 0.717) is 12.8 Å². The molecule has 0 aromatic rings. The van der Waals surface area contributed by atoms with Crippen LogP contribution in [0.5, 0.6) is 0 Å². The smallest absolute Gasteiger partial charge is 0.310 e. The van der Waals surface area contributed by atoms with Gasteiger partial charge in [0.05, 0.1) is 5.41 Å². The molecule has 0 radical (unpaired) electrons. The van der Waals surface area contributed by atoms with Crippen LogP contribution in [0.2, 0.25) is 0 Å². The highest BCUT2D eigenvalue weighted by Gasteiger charge is 2.55. The number of hydrogen-bond donors (Lipinski definition) is 2. The minimum Gasteiger partial charge on any atom is -0.481 e. The van der Waals surface area contributed by atoms with Gasteiger partial charge < -0.3 is 10.2 Å². The van der Waals surface area contributed by atoms with Gasteiger partial charge in [-0.2, -0.15) is 0 Å². The second-order valence-corrected chi connectivity index (χ2v) is 8.02. The van der Waals surface area contributed by atoms with Crippen LogP contribution >= 0.6 is 0 Å². The molecule has 0 spiro atoms. The fourth-order valence-electron chi connectivity index (χ4n) is 3.64. The van der Waals surface area contributed by atoms with E-state index in [1.54, 1.807) is 0 Å². The Morgan fingerprint density at radius 3 is 1.52 bits per heavy atom. The maximum absolute atomic E-state index is 12.0. The van der Waals surface area contributed by atoms with Gasteiger partial charge in [-0.15, -0.1) is 0 Å². The van der Waals surface area contributed by atoms with Crippen molar-refractivity contribution >= 4 is 11.9 Å². The molecule has 0 rings (SSSR count). The molecule has 4 heteroatoms. The minimum atomic E-state index is -0.785. The fraction of sp³-hybridized carbons (Fsp3) is 0.882. The Labute approximate surface area is 128 Å². The van der Waals surface area contributed by atoms with Crippen LogP contribution in [0.15, 0.2) is 0 Å². The maximum atomic E-state index is 12.0. The average Bonchev–Trinajstić information content (AvgIpc) is 2.23. The molecule has 0 heterocycles. The summed E-state index contributed by atoms with van der Waals surface area (Å²) in [4.78, 5) is 22.5. The standard InChI is InChI=1S/C17H32O4/c1-15(2,3)17(14(20)21,16(4,5)6)12-10-8-7-9-11-13(18)19/h7-12H2,1-6H3,(H,18,19)(H,20,21). The molecule has 124 valence electrons. The van der Waals surface area contributed by atoms with Crippen LogP contribution in [0, 0.1) is 16.2 Å². The third kappa shape index (κ3) is 5.01. The van der Waals surface area contributed by atoms with Crippen molar-refractivity contribution < 1.29 is 19.8 Å². The summed E-state index contributed by atoms with van der Waals surface area (Å²) in [6.07, 6.45) is 4.04. The molecule has 0 aromatic carbocycles. The second-order valence-electron chi connectivity index (χ2n) is 8.02. The van der Waals surface area contributed by atoms with E-state index < -0.39 is 17.4 Å². The van der Waals surface area contributed by atoms with Gasteiger partial charge in [0.25, 0.3) is 0 Å². The molecular weight excluding hydrogens is 268 g/mol. The van der Waals surface area contributed by atoms with Crippen molar-refractivity contribution in [2.45, 2.75) is 80.1 Å². The van der Waals surface area contributed by atoms with Gasteiger partial charge in [-0.3, -0.25) is 9.59 Å². The van der Waals surface area contributed by atoms with Crippen LogP contribution in [0.1, 0.15) is 80.1 Å². The van der Waals surface area contributed by atoms with E-state index in [9.17, 15) is 14.7 Å². The second kappa shape index (κ2) is 7.28. The molecule has 21 heavy (non-hydrogen) atoms. The van der Waals surface area contributed by atoms with Gasteiger partial charge in [0.1, 0.15) is 0 Å². The number of carbonyl (C=O) groups is 2. The summed E-state index contributed by atoms with van der Waals surface area (Å²) in [5, 5.41) is 18.5. The van der Waals surface area contributed by atoms with E-state index >= 15 is 0 Å². The number of carboxylic acids is 2. The first-order valence-electron chi connectivity index (χ1n) is 7.81. The van der Waals surface area contributed by atoms with Crippen molar-refractivity contribution in [3.8, 4) is 0 Å². The van der Waals surface area contributed by atoms with Crippen molar-refractivity contribution in [2.24, 2.45) is 16.2 Å². The third-order valence-electron chi connectivity index (χ3n) is 4.62. The molecule has 0 bridgehead atoms. The first-order chi connectivity index (χ1) is 9.36. The van der Waals surface area contributed by atoms with Crippen LogP contribution in [-0.2, 0) is 9.59 Å². The maximum Gasteiger partial charge on any atom is 0.310 e. The average molecular weight is 300 g/mol. The highest BCUT2D eigenvalue weighted by Crippen LogP contribution is 2.55. The zero-order chi connectivity index (χ0) is 16.9. The summed E-state index contributed by atoms with van der Waals surface area (Å²) in [5.74, 6) is -1.49. The minimum absolute atomic E-state index is 0.197. The Balaban J connectivity index is 4.80. The highest BCUT2D eigenvalue weighted by molar-refractivity contribution is 5.76. The summed E-state index contributed by atoms with van der Waals surface area (Å²) in [6, 6.07) is 0. The van der Waals surface area contributed by atoms with Crippen molar-refractivity contribution in [1.29, 1.82) is 0 Å². The van der Waals surface area contributed by atoms with Crippen LogP contribution in [0.4, 0.5) is 0 Å². The van der Waals surface area contributed by atoms with E-state index in [1.165, 1.54) is 0 Å². The number of carboxylic acid groups (broad SMARTS) is 2. The predicted octanol–water partition coefficient (Wildman–Crippen LogP) is 4.57. The topological polar surface area (TPSA) is 74.6 Å². The molecule has 0 fully saturated rings.